The van der Waals surface area contributed by atoms with E-state index in [9.17, 15) is 24.3 Å². The topological polar surface area (TPSA) is 170 Å². The van der Waals surface area contributed by atoms with Gasteiger partial charge >= 0.3 is 6.09 Å². The van der Waals surface area contributed by atoms with Crippen LogP contribution in [0.4, 0.5) is 10.5 Å². The highest BCUT2D eigenvalue weighted by atomic mass is 16.4. The third kappa shape index (κ3) is 7.54. The Labute approximate surface area is 225 Å². The van der Waals surface area contributed by atoms with Crippen LogP contribution in [0, 0.1) is 5.92 Å². The van der Waals surface area contributed by atoms with Gasteiger partial charge in [-0.25, -0.2) is 9.78 Å². The van der Waals surface area contributed by atoms with Gasteiger partial charge in [-0.2, -0.15) is 0 Å². The van der Waals surface area contributed by atoms with Crippen molar-refractivity contribution in [3.8, 4) is 0 Å². The summed E-state index contributed by atoms with van der Waals surface area (Å²) in [5, 5.41) is 24.4. The Kier molecular flexibility index (Phi) is 9.61. The second-order valence-electron chi connectivity index (χ2n) is 9.67. The van der Waals surface area contributed by atoms with Crippen LogP contribution in [0.3, 0.4) is 0 Å². The van der Waals surface area contributed by atoms with Crippen molar-refractivity contribution in [3.63, 3.8) is 0 Å². The normalized spacial score (nSPS) is 13.0. The van der Waals surface area contributed by atoms with E-state index in [0.717, 1.165) is 5.52 Å². The van der Waals surface area contributed by atoms with Gasteiger partial charge in [0.1, 0.15) is 17.6 Å². The predicted octanol–water partition coefficient (Wildman–Crippen LogP) is 2.46. The molecule has 0 spiro atoms. The van der Waals surface area contributed by atoms with E-state index in [1.165, 1.54) is 21.6 Å². The van der Waals surface area contributed by atoms with Gasteiger partial charge in [0.2, 0.25) is 11.8 Å². The van der Waals surface area contributed by atoms with Gasteiger partial charge in [0.25, 0.3) is 5.56 Å². The highest BCUT2D eigenvalue weighted by molar-refractivity contribution is 5.96. The summed E-state index contributed by atoms with van der Waals surface area (Å²) in [5.74, 6) is -0.447. The molecule has 0 saturated heterocycles. The maximum absolute atomic E-state index is 13.1. The van der Waals surface area contributed by atoms with E-state index in [-0.39, 0.29) is 36.9 Å². The minimum atomic E-state index is -1.39. The van der Waals surface area contributed by atoms with Crippen LogP contribution in [-0.4, -0.2) is 67.7 Å². The fourth-order valence-electron chi connectivity index (χ4n) is 3.93. The summed E-state index contributed by atoms with van der Waals surface area (Å²) in [6.45, 7) is 3.90. The lowest BCUT2D eigenvalue weighted by Gasteiger charge is -2.16. The molecule has 0 radical (unpaired) electrons. The number of nitrogens with zero attached hydrogens (tertiary/aromatic N) is 3. The van der Waals surface area contributed by atoms with E-state index >= 15 is 0 Å². The summed E-state index contributed by atoms with van der Waals surface area (Å²) in [4.78, 5) is 58.0. The number of benzene rings is 1. The minimum absolute atomic E-state index is 0.00494. The zero-order valence-electron chi connectivity index (χ0n) is 22.3. The molecule has 3 rings (SSSR count). The van der Waals surface area contributed by atoms with Crippen molar-refractivity contribution in [2.75, 3.05) is 19.4 Å². The first-order chi connectivity index (χ1) is 18.5. The molecule has 0 saturated carbocycles. The number of fused-ring (bicyclic) bond motifs is 1. The quantitative estimate of drug-likeness (QED) is 0.234. The number of nitrogens with one attached hydrogen (secondary N) is 3. The molecule has 2 atom stereocenters. The SMILES string of the molecule is CC(C)C(O)c1cccc2[nH]c(Cn3cccc(NC(=O)C(CC/C=C/C(=O)N(C)C)NC(=O)O)c3=O)nc12. The van der Waals surface area contributed by atoms with Crippen molar-refractivity contribution >= 4 is 34.6 Å². The zero-order chi connectivity index (χ0) is 28.7. The number of para-hydroxylation sites is 1. The molecule has 208 valence electrons. The first kappa shape index (κ1) is 29.1. The monoisotopic (exact) mass is 538 g/mol. The Bertz CT molecular complexity index is 1420. The van der Waals surface area contributed by atoms with Crippen molar-refractivity contribution in [1.82, 2.24) is 24.8 Å². The van der Waals surface area contributed by atoms with Gasteiger partial charge in [0.15, 0.2) is 0 Å². The molecule has 5 N–H and O–H groups in total. The van der Waals surface area contributed by atoms with E-state index in [1.807, 2.05) is 32.0 Å². The standard InChI is InChI=1S/C27H34N6O6/c1-16(2)24(35)17-9-7-11-18-23(17)31-21(28-18)15-33-14-8-12-20(26(33)37)29-25(36)19(30-27(38)39)10-5-6-13-22(34)32(3)4/h6-9,11-14,16,19,24,30,35H,5,10,15H2,1-4H3,(H,28,31)(H,29,36)(H,38,39)/b13-6+. The number of hydrogen-bond acceptors (Lipinski definition) is 6. The Morgan fingerprint density at radius 3 is 2.59 bits per heavy atom. The molecule has 39 heavy (non-hydrogen) atoms. The second kappa shape index (κ2) is 12.9. The fraction of sp³-hybridized carbons (Fsp3) is 0.370. The van der Waals surface area contributed by atoms with Crippen molar-refractivity contribution < 1.29 is 24.6 Å². The molecule has 3 aromatic rings. The number of rotatable bonds is 11. The zero-order valence-corrected chi connectivity index (χ0v) is 22.3. The number of H-pyrrole nitrogens is 1. The Hall–Kier alpha value is -4.45. The van der Waals surface area contributed by atoms with E-state index in [0.29, 0.717) is 16.9 Å². The third-order valence-electron chi connectivity index (χ3n) is 6.08. The molecule has 3 amide bonds. The number of amides is 3. The number of likely N-dealkylation sites (N-methyl/N-ethyl adjacent to an activating group) is 1. The first-order valence-electron chi connectivity index (χ1n) is 12.5. The molecule has 0 aliphatic rings. The molecule has 2 heterocycles. The Morgan fingerprint density at radius 1 is 1.18 bits per heavy atom. The average molecular weight is 539 g/mol. The first-order valence-corrected chi connectivity index (χ1v) is 12.5. The lowest BCUT2D eigenvalue weighted by molar-refractivity contribution is -0.123. The van der Waals surface area contributed by atoms with Gasteiger partial charge < -0.3 is 35.3 Å². The number of anilines is 1. The van der Waals surface area contributed by atoms with Gasteiger partial charge in [-0.3, -0.25) is 14.4 Å². The van der Waals surface area contributed by atoms with Gasteiger partial charge in [-0.15, -0.1) is 0 Å². The summed E-state index contributed by atoms with van der Waals surface area (Å²) in [5.41, 5.74) is 1.51. The van der Waals surface area contributed by atoms with Crippen LogP contribution in [0.5, 0.6) is 0 Å². The van der Waals surface area contributed by atoms with E-state index in [1.54, 1.807) is 32.4 Å². The minimum Gasteiger partial charge on any atom is -0.465 e. The maximum Gasteiger partial charge on any atom is 0.405 e. The largest absolute Gasteiger partial charge is 0.465 e. The number of aliphatic hydroxyl groups excluding tert-OH is 1. The van der Waals surface area contributed by atoms with Crippen LogP contribution in [0.1, 0.15) is 44.2 Å². The van der Waals surface area contributed by atoms with Crippen LogP contribution in [0.2, 0.25) is 0 Å². The maximum atomic E-state index is 13.1. The number of allylic oxidation sites excluding steroid dienone is 1. The molecule has 0 fully saturated rings. The molecule has 1 aromatic carbocycles. The molecule has 2 aromatic heterocycles. The van der Waals surface area contributed by atoms with Crippen molar-refractivity contribution in [2.24, 2.45) is 5.92 Å². The molecule has 0 aliphatic carbocycles. The Morgan fingerprint density at radius 2 is 1.92 bits per heavy atom. The molecule has 12 heteroatoms. The van der Waals surface area contributed by atoms with E-state index < -0.39 is 29.7 Å². The lowest BCUT2D eigenvalue weighted by Crippen LogP contribution is -2.44. The van der Waals surface area contributed by atoms with E-state index in [4.69, 9.17) is 5.11 Å². The summed E-state index contributed by atoms with van der Waals surface area (Å²) in [6.07, 6.45) is 2.71. The number of carbonyl (C=O) groups excluding carboxylic acids is 2. The number of carbonyl (C=O) groups is 3. The smallest absolute Gasteiger partial charge is 0.405 e. The molecule has 12 nitrogen and oxygen atoms in total. The van der Waals surface area contributed by atoms with Gasteiger partial charge in [0, 0.05) is 25.9 Å². The number of carboxylic acid groups (broad SMARTS) is 1. The van der Waals surface area contributed by atoms with Crippen molar-refractivity contribution in [1.29, 1.82) is 0 Å². The second-order valence-corrected chi connectivity index (χ2v) is 9.67. The van der Waals surface area contributed by atoms with Crippen LogP contribution in [0.15, 0.2) is 53.5 Å². The summed E-state index contributed by atoms with van der Waals surface area (Å²) < 4.78 is 1.36. The van der Waals surface area contributed by atoms with Gasteiger partial charge in [0.05, 0.1) is 23.7 Å². The molecule has 2 unspecified atom stereocenters. The molecular weight excluding hydrogens is 504 g/mol. The number of aliphatic hydroxyl groups is 1. The highest BCUT2D eigenvalue weighted by Crippen LogP contribution is 2.27. The Balaban J connectivity index is 1.76. The number of pyridine rings is 1. The number of hydrogen-bond donors (Lipinski definition) is 5. The lowest BCUT2D eigenvalue weighted by atomic mass is 9.98. The number of imidazole rings is 1. The highest BCUT2D eigenvalue weighted by Gasteiger charge is 2.22. The van der Waals surface area contributed by atoms with Gasteiger partial charge in [-0.1, -0.05) is 32.1 Å². The van der Waals surface area contributed by atoms with Crippen LogP contribution < -0.4 is 16.2 Å². The average Bonchev–Trinajstić information content (AvgIpc) is 3.29. The summed E-state index contributed by atoms with van der Waals surface area (Å²) in [7, 11) is 3.20. The van der Waals surface area contributed by atoms with Crippen molar-refractivity contribution in [3.05, 3.63) is 70.4 Å². The van der Waals surface area contributed by atoms with Crippen LogP contribution >= 0.6 is 0 Å². The van der Waals surface area contributed by atoms with E-state index in [2.05, 4.69) is 20.6 Å². The van der Waals surface area contributed by atoms with Crippen LogP contribution in [0.25, 0.3) is 11.0 Å². The third-order valence-corrected chi connectivity index (χ3v) is 6.08. The fourth-order valence-corrected chi connectivity index (χ4v) is 3.93. The summed E-state index contributed by atoms with van der Waals surface area (Å²) >= 11 is 0. The number of aromatic amines is 1. The molecule has 0 bridgehead atoms. The predicted molar refractivity (Wildman–Crippen MR) is 146 cm³/mol. The van der Waals surface area contributed by atoms with Crippen molar-refractivity contribution in [2.45, 2.75) is 45.4 Å². The molecule has 0 aliphatic heterocycles. The summed E-state index contributed by atoms with van der Waals surface area (Å²) in [6, 6.07) is 7.35. The van der Waals surface area contributed by atoms with Crippen LogP contribution in [-0.2, 0) is 16.1 Å². The molecular formula is C27H34N6O6. The van der Waals surface area contributed by atoms with Gasteiger partial charge in [-0.05, 0) is 43.0 Å². The number of aromatic nitrogens is 3.